The first-order chi connectivity index (χ1) is 14.6. The van der Waals surface area contributed by atoms with Crippen LogP contribution in [-0.4, -0.2) is 62.0 Å². The van der Waals surface area contributed by atoms with Crippen LogP contribution < -0.4 is 4.90 Å². The molecule has 0 spiro atoms. The number of nitrogens with zero attached hydrogens (tertiary/aromatic N) is 2. The Bertz CT molecular complexity index is 694. The molecule has 4 saturated carbocycles. The number of halogens is 3. The predicted octanol–water partition coefficient (Wildman–Crippen LogP) is 4.78. The molecule has 32 heavy (non-hydrogen) atoms. The Labute approximate surface area is 204 Å². The summed E-state index contributed by atoms with van der Waals surface area (Å²) < 4.78 is 19.9. The van der Waals surface area contributed by atoms with Gasteiger partial charge in [0.05, 0.1) is 18.4 Å². The van der Waals surface area contributed by atoms with Crippen molar-refractivity contribution in [2.45, 2.75) is 51.0 Å². The fraction of sp³-hybridized carbons (Fsp3) is 0.760. The third kappa shape index (κ3) is 5.90. The van der Waals surface area contributed by atoms with Gasteiger partial charge in [0.2, 0.25) is 0 Å². The highest BCUT2D eigenvalue weighted by Crippen LogP contribution is 2.61. The highest BCUT2D eigenvalue weighted by atomic mass is 35.5. The van der Waals surface area contributed by atoms with Crippen LogP contribution in [0.3, 0.4) is 0 Å². The number of hydrogen-bond donors (Lipinski definition) is 1. The van der Waals surface area contributed by atoms with E-state index >= 15 is 0 Å². The van der Waals surface area contributed by atoms with Crippen LogP contribution >= 0.6 is 24.8 Å². The van der Waals surface area contributed by atoms with Gasteiger partial charge in [0.25, 0.3) is 0 Å². The summed E-state index contributed by atoms with van der Waals surface area (Å²) in [5.74, 6) is 2.82. The summed E-state index contributed by atoms with van der Waals surface area (Å²) in [6.45, 7) is 5.14. The molecule has 1 aliphatic heterocycles. The topological polar surface area (TPSA) is 35.9 Å². The monoisotopic (exact) mass is 488 g/mol. The number of hydrogen-bond acceptors (Lipinski definition) is 4. The maximum absolute atomic E-state index is 14.0. The van der Waals surface area contributed by atoms with E-state index in [1.54, 1.807) is 6.07 Å². The van der Waals surface area contributed by atoms with Gasteiger partial charge in [-0.15, -0.1) is 24.8 Å². The zero-order valence-corrected chi connectivity index (χ0v) is 20.6. The molecule has 5 fully saturated rings. The van der Waals surface area contributed by atoms with Gasteiger partial charge in [-0.05, 0) is 80.2 Å². The van der Waals surface area contributed by atoms with Crippen molar-refractivity contribution >= 4 is 30.5 Å². The molecule has 1 heterocycles. The van der Waals surface area contributed by atoms with E-state index < -0.39 is 6.10 Å². The normalized spacial score (nSPS) is 32.3. The van der Waals surface area contributed by atoms with Crippen molar-refractivity contribution in [2.75, 3.05) is 50.8 Å². The smallest absolute Gasteiger partial charge is 0.146 e. The van der Waals surface area contributed by atoms with Crippen molar-refractivity contribution in [3.63, 3.8) is 0 Å². The van der Waals surface area contributed by atoms with Crippen LogP contribution in [-0.2, 0) is 4.74 Å². The Hall–Kier alpha value is -0.590. The molecular weight excluding hydrogens is 450 g/mol. The molecule has 1 aromatic rings. The van der Waals surface area contributed by atoms with Gasteiger partial charge in [0.1, 0.15) is 5.82 Å². The second kappa shape index (κ2) is 11.2. The number of benzene rings is 1. The molecule has 4 nitrogen and oxygen atoms in total. The molecule has 4 bridgehead atoms. The van der Waals surface area contributed by atoms with Gasteiger partial charge < -0.3 is 14.7 Å². The molecule has 1 unspecified atom stereocenters. The van der Waals surface area contributed by atoms with Gasteiger partial charge in [-0.3, -0.25) is 4.90 Å². The molecule has 4 aliphatic carbocycles. The summed E-state index contributed by atoms with van der Waals surface area (Å²) in [7, 11) is 0. The molecule has 182 valence electrons. The molecule has 0 radical (unpaired) electrons. The van der Waals surface area contributed by atoms with Crippen LogP contribution in [0.5, 0.6) is 0 Å². The molecule has 1 saturated heterocycles. The number of β-amino-alcohol motifs (C(OH)–C–C–N with tert-alkyl or cyclic N) is 1. The lowest BCUT2D eigenvalue weighted by Gasteiger charge is -2.57. The molecule has 6 rings (SSSR count). The first-order valence-electron chi connectivity index (χ1n) is 12.1. The maximum atomic E-state index is 14.0. The lowest BCUT2D eigenvalue weighted by atomic mass is 9.49. The summed E-state index contributed by atoms with van der Waals surface area (Å²) >= 11 is 0. The van der Waals surface area contributed by atoms with E-state index in [0.717, 1.165) is 50.5 Å². The summed E-state index contributed by atoms with van der Waals surface area (Å²) in [6, 6.07) is 6.98. The first-order valence-corrected chi connectivity index (χ1v) is 12.1. The predicted molar refractivity (Wildman–Crippen MR) is 132 cm³/mol. The summed E-state index contributed by atoms with van der Waals surface area (Å²) in [5.41, 5.74) is 1.24. The van der Waals surface area contributed by atoms with E-state index in [9.17, 15) is 9.50 Å². The van der Waals surface area contributed by atoms with Crippen molar-refractivity contribution in [2.24, 2.45) is 23.2 Å². The Morgan fingerprint density at radius 2 is 1.56 bits per heavy atom. The summed E-state index contributed by atoms with van der Waals surface area (Å²) in [6.07, 6.45) is 9.49. The number of para-hydroxylation sites is 1. The highest BCUT2D eigenvalue weighted by molar-refractivity contribution is 5.85. The third-order valence-electron chi connectivity index (χ3n) is 8.29. The average Bonchev–Trinajstić information content (AvgIpc) is 2.71. The number of aliphatic hydroxyl groups excluding tert-OH is 1. The lowest BCUT2D eigenvalue weighted by molar-refractivity contribution is -0.0741. The lowest BCUT2D eigenvalue weighted by Crippen LogP contribution is -2.49. The van der Waals surface area contributed by atoms with E-state index in [4.69, 9.17) is 4.74 Å². The van der Waals surface area contributed by atoms with E-state index in [1.807, 2.05) is 12.1 Å². The SMILES string of the molecule is Cl.Cl.OC(COCCC12CC3CC(CC(C3)C1)C2)CN1CCN(c2ccccc2F)CC1. The van der Waals surface area contributed by atoms with Gasteiger partial charge in [0, 0.05) is 39.3 Å². The quantitative estimate of drug-likeness (QED) is 0.534. The van der Waals surface area contributed by atoms with Gasteiger partial charge in [-0.25, -0.2) is 4.39 Å². The second-order valence-electron chi connectivity index (χ2n) is 10.6. The van der Waals surface area contributed by atoms with E-state index in [2.05, 4.69) is 9.80 Å². The molecule has 1 atom stereocenters. The minimum atomic E-state index is -0.443. The Kier molecular flexibility index (Phi) is 9.13. The van der Waals surface area contributed by atoms with E-state index in [1.165, 1.54) is 51.0 Å². The fourth-order valence-corrected chi connectivity index (χ4v) is 7.33. The fourth-order valence-electron chi connectivity index (χ4n) is 7.33. The molecule has 5 aliphatic rings. The second-order valence-corrected chi connectivity index (χ2v) is 10.6. The molecule has 0 aromatic heterocycles. The summed E-state index contributed by atoms with van der Waals surface area (Å²) in [4.78, 5) is 4.37. The number of aliphatic hydroxyl groups is 1. The van der Waals surface area contributed by atoms with Crippen molar-refractivity contribution in [1.29, 1.82) is 0 Å². The number of ether oxygens (including phenoxy) is 1. The van der Waals surface area contributed by atoms with Crippen LogP contribution in [0.2, 0.25) is 0 Å². The standard InChI is InChI=1S/C25H37FN2O2.2ClH/c26-23-3-1-2-4-24(23)28-8-6-27(7-9-28)17-22(29)18-30-10-5-25-14-19-11-20(15-25)13-21(12-19)16-25;;/h1-4,19-22,29H,5-18H2;2*1H. The Morgan fingerprint density at radius 3 is 2.16 bits per heavy atom. The van der Waals surface area contributed by atoms with E-state index in [0.29, 0.717) is 24.3 Å². The largest absolute Gasteiger partial charge is 0.389 e. The Balaban J connectivity index is 0.00000144. The number of anilines is 1. The minimum Gasteiger partial charge on any atom is -0.389 e. The number of rotatable bonds is 8. The van der Waals surface area contributed by atoms with Crippen molar-refractivity contribution in [1.82, 2.24) is 4.90 Å². The van der Waals surface area contributed by atoms with Gasteiger partial charge in [0.15, 0.2) is 0 Å². The molecule has 1 aromatic carbocycles. The van der Waals surface area contributed by atoms with Crippen molar-refractivity contribution in [3.8, 4) is 0 Å². The zero-order valence-electron chi connectivity index (χ0n) is 19.0. The Morgan fingerprint density at radius 1 is 0.969 bits per heavy atom. The summed E-state index contributed by atoms with van der Waals surface area (Å²) in [5, 5.41) is 10.4. The van der Waals surface area contributed by atoms with Crippen molar-refractivity contribution in [3.05, 3.63) is 30.1 Å². The molecule has 0 amide bonds. The van der Waals surface area contributed by atoms with Crippen LogP contribution in [0.15, 0.2) is 24.3 Å². The van der Waals surface area contributed by atoms with Gasteiger partial charge >= 0.3 is 0 Å². The minimum absolute atomic E-state index is 0. The van der Waals surface area contributed by atoms with Gasteiger partial charge in [-0.1, -0.05) is 12.1 Å². The van der Waals surface area contributed by atoms with Gasteiger partial charge in [-0.2, -0.15) is 0 Å². The molecule has 7 heteroatoms. The van der Waals surface area contributed by atoms with Crippen LogP contribution in [0.25, 0.3) is 0 Å². The maximum Gasteiger partial charge on any atom is 0.146 e. The van der Waals surface area contributed by atoms with Crippen LogP contribution in [0.1, 0.15) is 44.9 Å². The number of piperazine rings is 1. The van der Waals surface area contributed by atoms with Crippen LogP contribution in [0, 0.1) is 29.0 Å². The molecule has 1 N–H and O–H groups in total. The van der Waals surface area contributed by atoms with E-state index in [-0.39, 0.29) is 30.6 Å². The molecular formula is C25H39Cl2FN2O2. The first kappa shape index (κ1) is 26.0. The average molecular weight is 490 g/mol. The highest BCUT2D eigenvalue weighted by Gasteiger charge is 2.50. The van der Waals surface area contributed by atoms with Crippen LogP contribution in [0.4, 0.5) is 10.1 Å². The van der Waals surface area contributed by atoms with Crippen molar-refractivity contribution < 1.29 is 14.2 Å². The zero-order chi connectivity index (χ0) is 20.6. The third-order valence-corrected chi connectivity index (χ3v) is 8.29.